The number of aryl methyl sites for hydroxylation is 1. The van der Waals surface area contributed by atoms with Crippen LogP contribution in [0.15, 0.2) is 54.6 Å². The zero-order valence-corrected chi connectivity index (χ0v) is 9.80. The van der Waals surface area contributed by atoms with Crippen LogP contribution in [0.2, 0.25) is 0 Å². The lowest BCUT2D eigenvalue weighted by Crippen LogP contribution is -1.96. The second-order valence-corrected chi connectivity index (χ2v) is 4.03. The van der Waals surface area contributed by atoms with Crippen molar-refractivity contribution in [3.63, 3.8) is 0 Å². The summed E-state index contributed by atoms with van der Waals surface area (Å²) in [7, 11) is 0. The van der Waals surface area contributed by atoms with Crippen LogP contribution in [0.4, 0.5) is 0 Å². The van der Waals surface area contributed by atoms with Gasteiger partial charge in [-0.1, -0.05) is 42.5 Å². The Morgan fingerprint density at radius 1 is 0.941 bits per heavy atom. The van der Waals surface area contributed by atoms with Crippen molar-refractivity contribution < 1.29 is 0 Å². The molecule has 0 unspecified atom stereocenters. The third kappa shape index (κ3) is 1.62. The molecule has 0 N–H and O–H groups in total. The molecule has 0 amide bonds. The summed E-state index contributed by atoms with van der Waals surface area (Å²) in [6.07, 6.45) is 0. The smallest absolute Gasteiger partial charge is 0.141 e. The molecule has 0 aliphatic carbocycles. The molecule has 3 rings (SSSR count). The van der Waals surface area contributed by atoms with Crippen molar-refractivity contribution in [1.29, 1.82) is 0 Å². The number of hydrogen-bond donors (Lipinski definition) is 0. The third-order valence-electron chi connectivity index (χ3n) is 3.00. The molecule has 3 aromatic rings. The van der Waals surface area contributed by atoms with Gasteiger partial charge in [-0.3, -0.25) is 0 Å². The molecule has 84 valence electrons. The topological polar surface area (TPSA) is 17.8 Å². The van der Waals surface area contributed by atoms with E-state index in [2.05, 4.69) is 54.0 Å². The van der Waals surface area contributed by atoms with E-state index in [0.717, 1.165) is 17.9 Å². The molecular weight excluding hydrogens is 208 g/mol. The van der Waals surface area contributed by atoms with Crippen molar-refractivity contribution >= 4 is 11.0 Å². The minimum absolute atomic E-state index is 0.935. The van der Waals surface area contributed by atoms with Crippen LogP contribution in [-0.2, 0) is 6.54 Å². The quantitative estimate of drug-likeness (QED) is 0.646. The predicted octanol–water partition coefficient (Wildman–Crippen LogP) is 3.72. The van der Waals surface area contributed by atoms with Crippen LogP contribution < -0.4 is 0 Å². The zero-order chi connectivity index (χ0) is 11.7. The van der Waals surface area contributed by atoms with Crippen molar-refractivity contribution in [2.45, 2.75) is 13.5 Å². The van der Waals surface area contributed by atoms with Gasteiger partial charge < -0.3 is 4.57 Å². The van der Waals surface area contributed by atoms with E-state index in [9.17, 15) is 0 Å². The van der Waals surface area contributed by atoms with Gasteiger partial charge in [0, 0.05) is 12.1 Å². The number of hydrogen-bond acceptors (Lipinski definition) is 1. The van der Waals surface area contributed by atoms with E-state index in [-0.39, 0.29) is 0 Å². The van der Waals surface area contributed by atoms with Crippen molar-refractivity contribution in [1.82, 2.24) is 9.55 Å². The van der Waals surface area contributed by atoms with Crippen LogP contribution in [-0.4, -0.2) is 9.55 Å². The highest BCUT2D eigenvalue weighted by Gasteiger charge is 2.09. The first kappa shape index (κ1) is 10.1. The highest BCUT2D eigenvalue weighted by Crippen LogP contribution is 2.24. The maximum Gasteiger partial charge on any atom is 0.141 e. The second kappa shape index (κ2) is 4.06. The van der Waals surface area contributed by atoms with Crippen LogP contribution in [0.25, 0.3) is 22.4 Å². The predicted molar refractivity (Wildman–Crippen MR) is 70.8 cm³/mol. The lowest BCUT2D eigenvalue weighted by molar-refractivity contribution is 0.796. The number of imidazole rings is 1. The van der Waals surface area contributed by atoms with Gasteiger partial charge >= 0.3 is 0 Å². The fourth-order valence-electron chi connectivity index (χ4n) is 2.20. The maximum absolute atomic E-state index is 4.72. The summed E-state index contributed by atoms with van der Waals surface area (Å²) in [6.45, 7) is 3.09. The molecule has 0 bridgehead atoms. The molecule has 2 nitrogen and oxygen atoms in total. The molecule has 0 radical (unpaired) electrons. The van der Waals surface area contributed by atoms with E-state index in [0.29, 0.717) is 0 Å². The monoisotopic (exact) mass is 222 g/mol. The largest absolute Gasteiger partial charge is 0.324 e. The Hall–Kier alpha value is -2.09. The van der Waals surface area contributed by atoms with Crippen LogP contribution in [0.5, 0.6) is 0 Å². The summed E-state index contributed by atoms with van der Waals surface area (Å²) in [4.78, 5) is 4.72. The summed E-state index contributed by atoms with van der Waals surface area (Å²) in [5.74, 6) is 1.05. The van der Waals surface area contributed by atoms with E-state index >= 15 is 0 Å². The number of para-hydroxylation sites is 2. The van der Waals surface area contributed by atoms with E-state index in [1.165, 1.54) is 11.1 Å². The minimum atomic E-state index is 0.935. The SMILES string of the molecule is CCn1c(-c2ccccc2)nc2ccccc21. The van der Waals surface area contributed by atoms with Gasteiger partial charge in [0.1, 0.15) is 5.82 Å². The van der Waals surface area contributed by atoms with Gasteiger partial charge in [-0.15, -0.1) is 0 Å². The Kier molecular flexibility index (Phi) is 2.41. The van der Waals surface area contributed by atoms with E-state index in [4.69, 9.17) is 4.98 Å². The van der Waals surface area contributed by atoms with Crippen LogP contribution in [0.1, 0.15) is 6.92 Å². The zero-order valence-electron chi connectivity index (χ0n) is 9.80. The van der Waals surface area contributed by atoms with Gasteiger partial charge in [0.25, 0.3) is 0 Å². The first-order valence-corrected chi connectivity index (χ1v) is 5.91. The fraction of sp³-hybridized carbons (Fsp3) is 0.133. The van der Waals surface area contributed by atoms with Gasteiger partial charge in [-0.05, 0) is 19.1 Å². The first-order chi connectivity index (χ1) is 8.40. The Morgan fingerprint density at radius 2 is 1.65 bits per heavy atom. The van der Waals surface area contributed by atoms with Crippen molar-refractivity contribution in [2.24, 2.45) is 0 Å². The molecule has 1 heterocycles. The van der Waals surface area contributed by atoms with Crippen molar-refractivity contribution in [2.75, 3.05) is 0 Å². The second-order valence-electron chi connectivity index (χ2n) is 4.03. The van der Waals surface area contributed by atoms with E-state index < -0.39 is 0 Å². The summed E-state index contributed by atoms with van der Waals surface area (Å²) in [5.41, 5.74) is 3.44. The molecule has 2 aromatic carbocycles. The Bertz CT molecular complexity index is 638. The number of nitrogens with zero attached hydrogens (tertiary/aromatic N) is 2. The third-order valence-corrected chi connectivity index (χ3v) is 3.00. The van der Waals surface area contributed by atoms with Crippen LogP contribution in [0.3, 0.4) is 0 Å². The summed E-state index contributed by atoms with van der Waals surface area (Å²) < 4.78 is 2.25. The first-order valence-electron chi connectivity index (χ1n) is 5.91. The molecular formula is C15H14N2. The number of benzene rings is 2. The lowest BCUT2D eigenvalue weighted by atomic mass is 10.2. The number of fused-ring (bicyclic) bond motifs is 1. The normalized spacial score (nSPS) is 10.9. The minimum Gasteiger partial charge on any atom is -0.324 e. The van der Waals surface area contributed by atoms with Gasteiger partial charge in [-0.2, -0.15) is 0 Å². The highest BCUT2D eigenvalue weighted by atomic mass is 15.1. The maximum atomic E-state index is 4.72. The molecule has 0 atom stereocenters. The van der Waals surface area contributed by atoms with E-state index in [1.54, 1.807) is 0 Å². The van der Waals surface area contributed by atoms with Crippen LogP contribution in [0, 0.1) is 0 Å². The Labute approximate surface area is 101 Å². The average molecular weight is 222 g/mol. The summed E-state index contributed by atoms with van der Waals surface area (Å²) in [5, 5.41) is 0. The molecule has 0 saturated heterocycles. The number of aromatic nitrogens is 2. The molecule has 0 fully saturated rings. The summed E-state index contributed by atoms with van der Waals surface area (Å²) in [6, 6.07) is 18.6. The standard InChI is InChI=1S/C15H14N2/c1-2-17-14-11-7-6-10-13(14)16-15(17)12-8-4-3-5-9-12/h3-11H,2H2,1H3. The van der Waals surface area contributed by atoms with Gasteiger partial charge in [0.05, 0.1) is 11.0 Å². The van der Waals surface area contributed by atoms with Crippen molar-refractivity contribution in [3.05, 3.63) is 54.6 Å². The molecule has 0 aliphatic rings. The molecule has 0 aliphatic heterocycles. The molecule has 17 heavy (non-hydrogen) atoms. The molecule has 2 heteroatoms. The van der Waals surface area contributed by atoms with Crippen molar-refractivity contribution in [3.8, 4) is 11.4 Å². The van der Waals surface area contributed by atoms with Gasteiger partial charge in [0.2, 0.25) is 0 Å². The fourth-order valence-corrected chi connectivity index (χ4v) is 2.20. The Morgan fingerprint density at radius 3 is 2.41 bits per heavy atom. The molecule has 1 aromatic heterocycles. The van der Waals surface area contributed by atoms with E-state index in [1.807, 2.05) is 12.1 Å². The number of rotatable bonds is 2. The van der Waals surface area contributed by atoms with Crippen LogP contribution >= 0.6 is 0 Å². The molecule has 0 spiro atoms. The van der Waals surface area contributed by atoms with Gasteiger partial charge in [-0.25, -0.2) is 4.98 Å². The molecule has 0 saturated carbocycles. The Balaban J connectivity index is 2.30. The summed E-state index contributed by atoms with van der Waals surface area (Å²) >= 11 is 0. The highest BCUT2D eigenvalue weighted by molar-refractivity contribution is 5.80. The van der Waals surface area contributed by atoms with Gasteiger partial charge in [0.15, 0.2) is 0 Å². The average Bonchev–Trinajstić information content (AvgIpc) is 2.78. The lowest BCUT2D eigenvalue weighted by Gasteiger charge is -2.05.